The number of benzene rings is 1. The number of ether oxygens (including phenoxy) is 1. The van der Waals surface area contributed by atoms with E-state index in [1.54, 1.807) is 4.68 Å². The van der Waals surface area contributed by atoms with Gasteiger partial charge in [0.25, 0.3) is 0 Å². The summed E-state index contributed by atoms with van der Waals surface area (Å²) in [5, 5.41) is 4.32. The lowest BCUT2D eigenvalue weighted by Gasteiger charge is -2.27. The molecule has 0 saturated carbocycles. The summed E-state index contributed by atoms with van der Waals surface area (Å²) in [6, 6.07) is 10.4. The lowest BCUT2D eigenvalue weighted by Crippen LogP contribution is -2.31. The molecule has 0 fully saturated rings. The molecule has 2 heterocycles. The predicted octanol–water partition coefficient (Wildman–Crippen LogP) is 1.76. The Morgan fingerprint density at radius 1 is 1.33 bits per heavy atom. The minimum atomic E-state index is -0.353. The van der Waals surface area contributed by atoms with Crippen LogP contribution in [0.5, 0.6) is 0 Å². The van der Waals surface area contributed by atoms with Crippen LogP contribution in [0.3, 0.4) is 0 Å². The molecule has 0 saturated heterocycles. The molecule has 5 heteroatoms. The van der Waals surface area contributed by atoms with Crippen LogP contribution in [0.4, 0.5) is 0 Å². The number of fused-ring (bicyclic) bond motifs is 1. The highest BCUT2D eigenvalue weighted by molar-refractivity contribution is 5.89. The van der Waals surface area contributed by atoms with E-state index in [-0.39, 0.29) is 5.97 Å². The molecule has 21 heavy (non-hydrogen) atoms. The Kier molecular flexibility index (Phi) is 3.75. The number of esters is 1. The van der Waals surface area contributed by atoms with Crippen LogP contribution in [0.1, 0.15) is 27.3 Å². The lowest BCUT2D eigenvalue weighted by molar-refractivity contribution is 0.0590. The van der Waals surface area contributed by atoms with Crippen molar-refractivity contribution < 1.29 is 9.53 Å². The van der Waals surface area contributed by atoms with Crippen molar-refractivity contribution in [3.8, 4) is 0 Å². The fourth-order valence-electron chi connectivity index (χ4n) is 2.89. The van der Waals surface area contributed by atoms with Gasteiger partial charge in [-0.2, -0.15) is 5.10 Å². The van der Waals surface area contributed by atoms with E-state index in [1.807, 2.05) is 13.1 Å². The monoisotopic (exact) mass is 285 g/mol. The first kappa shape index (κ1) is 13.8. The lowest BCUT2D eigenvalue weighted by atomic mass is 10.0. The molecule has 1 aromatic carbocycles. The number of hydrogen-bond donors (Lipinski definition) is 0. The van der Waals surface area contributed by atoms with E-state index in [9.17, 15) is 4.79 Å². The number of hydrogen-bond acceptors (Lipinski definition) is 4. The van der Waals surface area contributed by atoms with E-state index >= 15 is 0 Å². The van der Waals surface area contributed by atoms with Crippen LogP contribution in [0.25, 0.3) is 0 Å². The van der Waals surface area contributed by atoms with Gasteiger partial charge in [-0.25, -0.2) is 4.79 Å². The van der Waals surface area contributed by atoms with Crippen LogP contribution >= 0.6 is 0 Å². The number of rotatable bonds is 3. The minimum Gasteiger partial charge on any atom is -0.464 e. The summed E-state index contributed by atoms with van der Waals surface area (Å²) in [4.78, 5) is 14.2. The van der Waals surface area contributed by atoms with E-state index in [0.717, 1.165) is 37.3 Å². The van der Waals surface area contributed by atoms with E-state index in [2.05, 4.69) is 34.3 Å². The van der Waals surface area contributed by atoms with Crippen LogP contribution < -0.4 is 0 Å². The van der Waals surface area contributed by atoms with Crippen molar-refractivity contribution >= 4 is 5.97 Å². The molecule has 0 spiro atoms. The van der Waals surface area contributed by atoms with Crippen molar-refractivity contribution in [3.63, 3.8) is 0 Å². The summed E-state index contributed by atoms with van der Waals surface area (Å²) in [5.41, 5.74) is 3.88. The summed E-state index contributed by atoms with van der Waals surface area (Å²) < 4.78 is 6.64. The highest BCUT2D eigenvalue weighted by Crippen LogP contribution is 2.23. The average molecular weight is 285 g/mol. The highest BCUT2D eigenvalue weighted by atomic mass is 16.5. The van der Waals surface area contributed by atoms with Gasteiger partial charge < -0.3 is 4.74 Å². The van der Waals surface area contributed by atoms with Gasteiger partial charge in [0.05, 0.1) is 7.11 Å². The molecule has 1 aliphatic rings. The third-order valence-electron chi connectivity index (χ3n) is 3.95. The fraction of sp³-hybridized carbons (Fsp3) is 0.375. The maximum atomic E-state index is 11.8. The number of aryl methyl sites for hydroxylation is 1. The molecule has 2 aromatic rings. The standard InChI is InChI=1S/C16H19N3O2/c1-18-14-8-9-19(10-12-6-4-3-5-7-12)11-13(14)15(17-18)16(20)21-2/h3-7H,8-11H2,1-2H3. The number of aromatic nitrogens is 2. The van der Waals surface area contributed by atoms with E-state index in [0.29, 0.717) is 5.69 Å². The predicted molar refractivity (Wildman–Crippen MR) is 78.8 cm³/mol. The number of carbonyl (C=O) groups excluding carboxylic acids is 1. The van der Waals surface area contributed by atoms with Gasteiger partial charge in [-0.05, 0) is 5.56 Å². The molecule has 0 atom stereocenters. The Morgan fingerprint density at radius 3 is 2.81 bits per heavy atom. The van der Waals surface area contributed by atoms with Crippen molar-refractivity contribution in [2.45, 2.75) is 19.5 Å². The van der Waals surface area contributed by atoms with Crippen molar-refractivity contribution in [3.05, 3.63) is 52.8 Å². The molecular formula is C16H19N3O2. The van der Waals surface area contributed by atoms with Crippen molar-refractivity contribution in [1.82, 2.24) is 14.7 Å². The zero-order chi connectivity index (χ0) is 14.8. The number of nitrogens with zero attached hydrogens (tertiary/aromatic N) is 3. The van der Waals surface area contributed by atoms with Crippen molar-refractivity contribution in [2.75, 3.05) is 13.7 Å². The average Bonchev–Trinajstić information content (AvgIpc) is 2.84. The van der Waals surface area contributed by atoms with Gasteiger partial charge in [-0.3, -0.25) is 9.58 Å². The van der Waals surface area contributed by atoms with Crippen LogP contribution in [-0.2, 0) is 31.3 Å². The van der Waals surface area contributed by atoms with E-state index in [1.165, 1.54) is 12.7 Å². The second kappa shape index (κ2) is 5.69. The third kappa shape index (κ3) is 2.69. The maximum absolute atomic E-state index is 11.8. The largest absolute Gasteiger partial charge is 0.464 e. The molecule has 0 radical (unpaired) electrons. The molecule has 5 nitrogen and oxygen atoms in total. The molecule has 0 amide bonds. The van der Waals surface area contributed by atoms with Crippen LogP contribution in [0.15, 0.2) is 30.3 Å². The zero-order valence-corrected chi connectivity index (χ0v) is 12.4. The van der Waals surface area contributed by atoms with Crippen molar-refractivity contribution in [2.24, 2.45) is 7.05 Å². The second-order valence-electron chi connectivity index (χ2n) is 5.34. The number of methoxy groups -OCH3 is 1. The Hall–Kier alpha value is -2.14. The number of carbonyl (C=O) groups is 1. The normalized spacial score (nSPS) is 14.8. The zero-order valence-electron chi connectivity index (χ0n) is 12.4. The van der Waals surface area contributed by atoms with Crippen LogP contribution in [0.2, 0.25) is 0 Å². The molecule has 0 unspecified atom stereocenters. The molecular weight excluding hydrogens is 266 g/mol. The molecule has 0 bridgehead atoms. The Morgan fingerprint density at radius 2 is 2.10 bits per heavy atom. The Labute approximate surface area is 124 Å². The Balaban J connectivity index is 1.82. The minimum absolute atomic E-state index is 0.353. The smallest absolute Gasteiger partial charge is 0.358 e. The van der Waals surface area contributed by atoms with Gasteiger partial charge in [0.2, 0.25) is 0 Å². The quantitative estimate of drug-likeness (QED) is 0.806. The van der Waals surface area contributed by atoms with E-state index < -0.39 is 0 Å². The third-order valence-corrected chi connectivity index (χ3v) is 3.95. The Bertz CT molecular complexity index is 649. The summed E-state index contributed by atoms with van der Waals surface area (Å²) in [7, 11) is 3.28. The SMILES string of the molecule is COC(=O)c1nn(C)c2c1CN(Cc1ccccc1)CC2. The summed E-state index contributed by atoms with van der Waals surface area (Å²) in [6.45, 7) is 2.60. The van der Waals surface area contributed by atoms with Gasteiger partial charge in [-0.1, -0.05) is 30.3 Å². The molecule has 3 rings (SSSR count). The van der Waals surface area contributed by atoms with E-state index in [4.69, 9.17) is 4.74 Å². The first-order valence-corrected chi connectivity index (χ1v) is 7.08. The molecule has 0 N–H and O–H groups in total. The molecule has 110 valence electrons. The summed E-state index contributed by atoms with van der Waals surface area (Å²) in [5.74, 6) is -0.353. The first-order valence-electron chi connectivity index (χ1n) is 7.08. The van der Waals surface area contributed by atoms with Gasteiger partial charge in [0, 0.05) is 44.4 Å². The molecule has 1 aliphatic heterocycles. The maximum Gasteiger partial charge on any atom is 0.358 e. The first-order chi connectivity index (χ1) is 10.2. The second-order valence-corrected chi connectivity index (χ2v) is 5.34. The van der Waals surface area contributed by atoms with Crippen LogP contribution in [-0.4, -0.2) is 34.3 Å². The topological polar surface area (TPSA) is 47.4 Å². The highest BCUT2D eigenvalue weighted by Gasteiger charge is 2.27. The summed E-state index contributed by atoms with van der Waals surface area (Å²) >= 11 is 0. The van der Waals surface area contributed by atoms with Crippen molar-refractivity contribution in [1.29, 1.82) is 0 Å². The summed E-state index contributed by atoms with van der Waals surface area (Å²) in [6.07, 6.45) is 0.905. The van der Waals surface area contributed by atoms with Crippen LogP contribution in [0, 0.1) is 0 Å². The fourth-order valence-corrected chi connectivity index (χ4v) is 2.89. The van der Waals surface area contributed by atoms with Gasteiger partial charge in [-0.15, -0.1) is 0 Å². The molecule has 1 aromatic heterocycles. The van der Waals surface area contributed by atoms with Gasteiger partial charge in [0.1, 0.15) is 0 Å². The van der Waals surface area contributed by atoms with Gasteiger partial charge in [0.15, 0.2) is 5.69 Å². The molecule has 0 aliphatic carbocycles. The van der Waals surface area contributed by atoms with Gasteiger partial charge >= 0.3 is 5.97 Å².